The van der Waals surface area contributed by atoms with Gasteiger partial charge in [0.25, 0.3) is 0 Å². The zero-order valence-electron chi connectivity index (χ0n) is 8.10. The number of hydrogen-bond acceptors (Lipinski definition) is 5. The number of nitrogens with one attached hydrogen (secondary N) is 1. The zero-order chi connectivity index (χ0) is 10.7. The quantitative estimate of drug-likeness (QED) is 0.235. The fourth-order valence-corrected chi connectivity index (χ4v) is 1.07. The number of anilines is 1. The Morgan fingerprint density at radius 3 is 2.47 bits per heavy atom. The van der Waals surface area contributed by atoms with Crippen molar-refractivity contribution in [3.8, 4) is 0 Å². The molecule has 0 unspecified atom stereocenters. The number of nitrogen functional groups attached to an aromatic ring is 1. The molecule has 1 aromatic carbocycles. The highest BCUT2D eigenvalue weighted by Crippen LogP contribution is 2.06. The van der Waals surface area contributed by atoms with Gasteiger partial charge in [0.05, 0.1) is 7.11 Å². The normalized spacial score (nSPS) is 9.00. The van der Waals surface area contributed by atoms with E-state index in [1.54, 1.807) is 0 Å². The Kier molecular flexibility index (Phi) is 5.14. The standard InChI is InChI=1S/C8H11BN2O3.ClH/c1-14-8(11)5-2-3-6(9(12)13)7(10)4-5;/h2-4,11-13H,10H2,1H3;1H. The van der Waals surface area contributed by atoms with Gasteiger partial charge in [-0.25, -0.2) is 0 Å². The van der Waals surface area contributed by atoms with Gasteiger partial charge in [0, 0.05) is 16.7 Å². The van der Waals surface area contributed by atoms with Crippen molar-refractivity contribution in [2.45, 2.75) is 0 Å². The van der Waals surface area contributed by atoms with E-state index in [0.29, 0.717) is 5.56 Å². The molecule has 0 bridgehead atoms. The van der Waals surface area contributed by atoms with Crippen molar-refractivity contribution < 1.29 is 14.8 Å². The van der Waals surface area contributed by atoms with E-state index in [1.165, 1.54) is 25.3 Å². The molecule has 5 nitrogen and oxygen atoms in total. The molecule has 0 atom stereocenters. The molecule has 5 N–H and O–H groups in total. The van der Waals surface area contributed by atoms with Crippen LogP contribution < -0.4 is 11.2 Å². The molecule has 0 radical (unpaired) electrons. The van der Waals surface area contributed by atoms with Crippen molar-refractivity contribution in [1.29, 1.82) is 5.41 Å². The monoisotopic (exact) mass is 230 g/mol. The summed E-state index contributed by atoms with van der Waals surface area (Å²) in [5.74, 6) is -0.0179. The molecule has 1 rings (SSSR count). The molecule has 82 valence electrons. The summed E-state index contributed by atoms with van der Waals surface area (Å²) >= 11 is 0. The maximum atomic E-state index is 8.88. The highest BCUT2D eigenvalue weighted by molar-refractivity contribution is 6.60. The Balaban J connectivity index is 0.00000196. The van der Waals surface area contributed by atoms with Gasteiger partial charge in [0.1, 0.15) is 0 Å². The summed E-state index contributed by atoms with van der Waals surface area (Å²) in [5.41, 5.74) is 6.48. The summed E-state index contributed by atoms with van der Waals surface area (Å²) < 4.78 is 4.69. The van der Waals surface area contributed by atoms with Crippen LogP contribution in [0, 0.1) is 5.41 Å². The zero-order valence-corrected chi connectivity index (χ0v) is 8.91. The number of benzene rings is 1. The van der Waals surface area contributed by atoms with Crippen LogP contribution in [-0.2, 0) is 4.74 Å². The third kappa shape index (κ3) is 3.12. The Hall–Kier alpha value is -1.24. The Morgan fingerprint density at radius 2 is 2.07 bits per heavy atom. The predicted octanol–water partition coefficient (Wildman–Crippen LogP) is -0.658. The van der Waals surface area contributed by atoms with E-state index in [4.69, 9.17) is 25.9 Å². The topological polar surface area (TPSA) is 99.6 Å². The van der Waals surface area contributed by atoms with E-state index in [-0.39, 0.29) is 29.5 Å². The summed E-state index contributed by atoms with van der Waals surface area (Å²) in [4.78, 5) is 0. The lowest BCUT2D eigenvalue weighted by molar-refractivity contribution is 0.401. The molecule has 0 amide bonds. The maximum Gasteiger partial charge on any atom is 0.490 e. The first kappa shape index (κ1) is 13.8. The summed E-state index contributed by atoms with van der Waals surface area (Å²) in [5, 5.41) is 25.1. The van der Waals surface area contributed by atoms with Crippen molar-refractivity contribution in [1.82, 2.24) is 0 Å². The average molecular weight is 230 g/mol. The van der Waals surface area contributed by atoms with Gasteiger partial charge >= 0.3 is 7.12 Å². The van der Waals surface area contributed by atoms with Gasteiger partial charge < -0.3 is 20.5 Å². The van der Waals surface area contributed by atoms with E-state index in [1.807, 2.05) is 0 Å². The molecule has 15 heavy (non-hydrogen) atoms. The molecular formula is C8H12BClN2O3. The molecule has 0 aliphatic heterocycles. The van der Waals surface area contributed by atoms with Crippen LogP contribution in [0.1, 0.15) is 5.56 Å². The molecule has 7 heteroatoms. The van der Waals surface area contributed by atoms with Crippen LogP contribution in [0.5, 0.6) is 0 Å². The van der Waals surface area contributed by atoms with Gasteiger partial charge in [-0.15, -0.1) is 12.4 Å². The Morgan fingerprint density at radius 1 is 1.47 bits per heavy atom. The molecule has 0 fully saturated rings. The van der Waals surface area contributed by atoms with Gasteiger partial charge in [-0.05, 0) is 12.1 Å². The summed E-state index contributed by atoms with van der Waals surface area (Å²) in [6, 6.07) is 4.44. The molecule has 0 heterocycles. The van der Waals surface area contributed by atoms with E-state index >= 15 is 0 Å². The lowest BCUT2D eigenvalue weighted by Crippen LogP contribution is -2.32. The average Bonchev–Trinajstić information content (AvgIpc) is 2.15. The van der Waals surface area contributed by atoms with Crippen LogP contribution in [0.25, 0.3) is 0 Å². The van der Waals surface area contributed by atoms with Crippen molar-refractivity contribution in [2.24, 2.45) is 0 Å². The molecule has 0 aliphatic carbocycles. The first-order valence-corrected chi connectivity index (χ1v) is 3.94. The van der Waals surface area contributed by atoms with Crippen LogP contribution in [0.4, 0.5) is 5.69 Å². The van der Waals surface area contributed by atoms with Gasteiger partial charge in [0.15, 0.2) is 0 Å². The lowest BCUT2D eigenvalue weighted by atomic mass is 9.78. The summed E-state index contributed by atoms with van der Waals surface area (Å²) in [7, 11) is -0.214. The first-order chi connectivity index (χ1) is 6.56. The smallest absolute Gasteiger partial charge is 0.481 e. The number of ether oxygens (including phenoxy) is 1. The largest absolute Gasteiger partial charge is 0.490 e. The third-order valence-corrected chi connectivity index (χ3v) is 1.83. The number of halogens is 1. The van der Waals surface area contributed by atoms with Crippen molar-refractivity contribution >= 4 is 36.6 Å². The Bertz CT molecular complexity index is 360. The van der Waals surface area contributed by atoms with Gasteiger partial charge in [-0.2, -0.15) is 0 Å². The van der Waals surface area contributed by atoms with E-state index in [9.17, 15) is 0 Å². The second-order valence-electron chi connectivity index (χ2n) is 2.75. The van der Waals surface area contributed by atoms with Crippen LogP contribution in [0.3, 0.4) is 0 Å². The fraction of sp³-hybridized carbons (Fsp3) is 0.125. The maximum absolute atomic E-state index is 8.88. The van der Waals surface area contributed by atoms with Crippen LogP contribution in [0.15, 0.2) is 18.2 Å². The van der Waals surface area contributed by atoms with Crippen LogP contribution in [-0.4, -0.2) is 30.2 Å². The number of methoxy groups -OCH3 is 1. The number of nitrogens with two attached hydrogens (primary N) is 1. The molecule has 0 spiro atoms. The second-order valence-corrected chi connectivity index (χ2v) is 2.75. The highest BCUT2D eigenvalue weighted by Gasteiger charge is 2.15. The molecule has 0 aromatic heterocycles. The Labute approximate surface area is 93.9 Å². The molecular weight excluding hydrogens is 218 g/mol. The predicted molar refractivity (Wildman–Crippen MR) is 61.8 cm³/mol. The summed E-state index contributed by atoms with van der Waals surface area (Å²) in [6.45, 7) is 0. The van der Waals surface area contributed by atoms with Crippen LogP contribution in [0.2, 0.25) is 0 Å². The SMILES string of the molecule is COC(=N)c1ccc(B(O)O)c(N)c1.Cl. The van der Waals surface area contributed by atoms with Crippen molar-refractivity contribution in [3.63, 3.8) is 0 Å². The van der Waals surface area contributed by atoms with Crippen molar-refractivity contribution in [2.75, 3.05) is 12.8 Å². The molecule has 0 saturated carbocycles. The van der Waals surface area contributed by atoms with Gasteiger partial charge in [0.2, 0.25) is 5.90 Å². The van der Waals surface area contributed by atoms with Gasteiger partial charge in [-0.3, -0.25) is 5.41 Å². The van der Waals surface area contributed by atoms with Crippen molar-refractivity contribution in [3.05, 3.63) is 23.8 Å². The lowest BCUT2D eigenvalue weighted by Gasteiger charge is -2.07. The van der Waals surface area contributed by atoms with E-state index in [2.05, 4.69) is 0 Å². The second kappa shape index (κ2) is 5.60. The fourth-order valence-electron chi connectivity index (χ4n) is 1.07. The molecule has 0 aliphatic rings. The van der Waals surface area contributed by atoms with E-state index < -0.39 is 7.12 Å². The summed E-state index contributed by atoms with van der Waals surface area (Å²) in [6.07, 6.45) is 0. The van der Waals surface area contributed by atoms with Crippen LogP contribution >= 0.6 is 12.4 Å². The highest BCUT2D eigenvalue weighted by atomic mass is 35.5. The van der Waals surface area contributed by atoms with Gasteiger partial charge in [-0.1, -0.05) is 6.07 Å². The molecule has 1 aromatic rings. The first-order valence-electron chi connectivity index (χ1n) is 3.94. The number of rotatable bonds is 2. The molecule has 0 saturated heterocycles. The minimum atomic E-state index is -1.60. The number of hydrogen-bond donors (Lipinski definition) is 4. The minimum Gasteiger partial charge on any atom is -0.481 e. The third-order valence-electron chi connectivity index (χ3n) is 1.83. The van der Waals surface area contributed by atoms with E-state index in [0.717, 1.165) is 0 Å². The minimum absolute atomic E-state index is 0.